The molecule has 2 fully saturated rings. The molecule has 0 radical (unpaired) electrons. The molecule has 1 saturated carbocycles. The fourth-order valence-corrected chi connectivity index (χ4v) is 3.49. The van der Waals surface area contributed by atoms with Gasteiger partial charge in [-0.2, -0.15) is 0 Å². The van der Waals surface area contributed by atoms with Gasteiger partial charge in [0.2, 0.25) is 0 Å². The molecule has 1 N–H and O–H groups in total. The summed E-state index contributed by atoms with van der Waals surface area (Å²) in [5.74, 6) is 0.581. The number of nitrogens with zero attached hydrogens (tertiary/aromatic N) is 2. The van der Waals surface area contributed by atoms with Crippen molar-refractivity contribution in [3.63, 3.8) is 0 Å². The Bertz CT molecular complexity index is 429. The Morgan fingerprint density at radius 3 is 2.56 bits per heavy atom. The molecule has 2 aliphatic rings. The van der Waals surface area contributed by atoms with Gasteiger partial charge in [0.15, 0.2) is 5.13 Å². The lowest BCUT2D eigenvalue weighted by molar-refractivity contribution is 0.0813. The number of rotatable bonds is 3. The molecule has 1 aliphatic heterocycles. The molecule has 2 heterocycles. The van der Waals surface area contributed by atoms with Crippen molar-refractivity contribution in [2.75, 3.05) is 31.2 Å². The van der Waals surface area contributed by atoms with Crippen molar-refractivity contribution in [1.29, 1.82) is 0 Å². The Morgan fingerprint density at radius 2 is 2.00 bits per heavy atom. The van der Waals surface area contributed by atoms with Crippen molar-refractivity contribution in [1.82, 2.24) is 4.98 Å². The fourth-order valence-electron chi connectivity index (χ4n) is 2.28. The highest BCUT2D eigenvalue weighted by Crippen LogP contribution is 2.47. The second-order valence-electron chi connectivity index (χ2n) is 5.64. The Kier molecular flexibility index (Phi) is 3.08. The van der Waals surface area contributed by atoms with Gasteiger partial charge in [-0.05, 0) is 26.7 Å². The smallest absolute Gasteiger partial charge is 0.186 e. The maximum absolute atomic E-state index is 10.3. The van der Waals surface area contributed by atoms with Crippen LogP contribution in [0, 0.1) is 0 Å². The van der Waals surface area contributed by atoms with Crippen LogP contribution in [0.1, 0.15) is 43.2 Å². The molecule has 3 rings (SSSR count). The molecule has 0 spiro atoms. The molecule has 0 amide bonds. The normalized spacial score (nSPS) is 21.4. The van der Waals surface area contributed by atoms with Gasteiger partial charge in [0.25, 0.3) is 0 Å². The van der Waals surface area contributed by atoms with E-state index < -0.39 is 5.60 Å². The number of ether oxygens (including phenoxy) is 1. The third kappa shape index (κ3) is 2.39. The van der Waals surface area contributed by atoms with Crippen molar-refractivity contribution < 1.29 is 9.84 Å². The van der Waals surface area contributed by atoms with Crippen molar-refractivity contribution in [3.8, 4) is 0 Å². The number of hydrogen-bond acceptors (Lipinski definition) is 5. The summed E-state index contributed by atoms with van der Waals surface area (Å²) in [6, 6.07) is 0. The van der Waals surface area contributed by atoms with Gasteiger partial charge in [-0.15, -0.1) is 0 Å². The maximum Gasteiger partial charge on any atom is 0.186 e. The van der Waals surface area contributed by atoms with Gasteiger partial charge < -0.3 is 14.7 Å². The predicted molar refractivity (Wildman–Crippen MR) is 72.4 cm³/mol. The molecular formula is C13H20N2O2S. The summed E-state index contributed by atoms with van der Waals surface area (Å²) in [5, 5.41) is 11.3. The first-order valence-corrected chi connectivity index (χ1v) is 7.43. The summed E-state index contributed by atoms with van der Waals surface area (Å²) in [5.41, 5.74) is 0.356. The number of anilines is 1. The third-order valence-corrected chi connectivity index (χ3v) is 4.89. The average Bonchev–Trinajstić information content (AvgIpc) is 3.07. The topological polar surface area (TPSA) is 45.6 Å². The maximum atomic E-state index is 10.3. The Hall–Kier alpha value is -0.650. The summed E-state index contributed by atoms with van der Waals surface area (Å²) >= 11 is 1.65. The van der Waals surface area contributed by atoms with Gasteiger partial charge in [0.1, 0.15) is 0 Å². The van der Waals surface area contributed by atoms with Gasteiger partial charge in [-0.1, -0.05) is 11.3 Å². The number of morpholine rings is 1. The number of aliphatic hydroxyl groups is 1. The van der Waals surface area contributed by atoms with Crippen LogP contribution in [0.4, 0.5) is 5.13 Å². The molecule has 0 atom stereocenters. The van der Waals surface area contributed by atoms with E-state index in [0.29, 0.717) is 5.92 Å². The van der Waals surface area contributed by atoms with E-state index in [4.69, 9.17) is 9.72 Å². The lowest BCUT2D eigenvalue weighted by Crippen LogP contribution is -2.36. The largest absolute Gasteiger partial charge is 0.385 e. The fraction of sp³-hybridized carbons (Fsp3) is 0.769. The summed E-state index contributed by atoms with van der Waals surface area (Å²) in [4.78, 5) is 8.11. The lowest BCUT2D eigenvalue weighted by atomic mass is 10.0. The van der Waals surface area contributed by atoms with E-state index in [2.05, 4.69) is 4.90 Å². The van der Waals surface area contributed by atoms with E-state index >= 15 is 0 Å². The molecule has 0 bridgehead atoms. The zero-order chi connectivity index (χ0) is 12.8. The van der Waals surface area contributed by atoms with Crippen LogP contribution in [0.15, 0.2) is 0 Å². The molecule has 0 unspecified atom stereocenters. The van der Waals surface area contributed by atoms with Crippen LogP contribution >= 0.6 is 11.3 Å². The third-order valence-electron chi connectivity index (χ3n) is 3.44. The quantitative estimate of drug-likeness (QED) is 0.911. The standard InChI is InChI=1S/C13H20N2O2S/c1-13(2,16)11-10(9-3-4-9)14-12(18-11)15-5-7-17-8-6-15/h9,16H,3-8H2,1-2H3. The second kappa shape index (κ2) is 4.47. The molecule has 18 heavy (non-hydrogen) atoms. The first-order valence-electron chi connectivity index (χ1n) is 6.62. The minimum atomic E-state index is -0.778. The highest BCUT2D eigenvalue weighted by Gasteiger charge is 2.35. The predicted octanol–water partition coefficient (Wildman–Crippen LogP) is 2.08. The van der Waals surface area contributed by atoms with E-state index in [0.717, 1.165) is 42.0 Å². The molecule has 1 aromatic rings. The van der Waals surface area contributed by atoms with E-state index in [1.54, 1.807) is 11.3 Å². The van der Waals surface area contributed by atoms with Crippen LogP contribution in [0.2, 0.25) is 0 Å². The first-order chi connectivity index (χ1) is 8.55. The van der Waals surface area contributed by atoms with Crippen molar-refractivity contribution in [3.05, 3.63) is 10.6 Å². The van der Waals surface area contributed by atoms with E-state index in [1.165, 1.54) is 12.8 Å². The molecular weight excluding hydrogens is 248 g/mol. The molecule has 4 nitrogen and oxygen atoms in total. The highest BCUT2D eigenvalue weighted by molar-refractivity contribution is 7.15. The van der Waals surface area contributed by atoms with Gasteiger partial charge in [-0.25, -0.2) is 4.98 Å². The summed E-state index contributed by atoms with van der Waals surface area (Å²) in [6.45, 7) is 7.07. The van der Waals surface area contributed by atoms with Crippen LogP contribution in [0.5, 0.6) is 0 Å². The van der Waals surface area contributed by atoms with Crippen molar-refractivity contribution in [2.24, 2.45) is 0 Å². The summed E-state index contributed by atoms with van der Waals surface area (Å²) in [6.07, 6.45) is 2.44. The average molecular weight is 268 g/mol. The zero-order valence-corrected chi connectivity index (χ0v) is 11.8. The Morgan fingerprint density at radius 1 is 1.33 bits per heavy atom. The van der Waals surface area contributed by atoms with Crippen LogP contribution in [0.25, 0.3) is 0 Å². The minimum Gasteiger partial charge on any atom is -0.385 e. The lowest BCUT2D eigenvalue weighted by Gasteiger charge is -2.26. The van der Waals surface area contributed by atoms with Crippen LogP contribution in [0.3, 0.4) is 0 Å². The molecule has 0 aromatic carbocycles. The monoisotopic (exact) mass is 268 g/mol. The van der Waals surface area contributed by atoms with Gasteiger partial charge in [-0.3, -0.25) is 0 Å². The van der Waals surface area contributed by atoms with E-state index in [9.17, 15) is 5.11 Å². The van der Waals surface area contributed by atoms with E-state index in [1.807, 2.05) is 13.8 Å². The molecule has 1 aromatic heterocycles. The summed E-state index contributed by atoms with van der Waals surface area (Å²) in [7, 11) is 0. The number of hydrogen-bond donors (Lipinski definition) is 1. The second-order valence-corrected chi connectivity index (χ2v) is 6.62. The van der Waals surface area contributed by atoms with Crippen LogP contribution < -0.4 is 4.90 Å². The molecule has 5 heteroatoms. The van der Waals surface area contributed by atoms with Gasteiger partial charge >= 0.3 is 0 Å². The zero-order valence-electron chi connectivity index (χ0n) is 11.0. The minimum absolute atomic E-state index is 0.581. The molecule has 100 valence electrons. The van der Waals surface area contributed by atoms with Crippen molar-refractivity contribution in [2.45, 2.75) is 38.2 Å². The number of aromatic nitrogens is 1. The summed E-state index contributed by atoms with van der Waals surface area (Å²) < 4.78 is 5.37. The highest BCUT2D eigenvalue weighted by atomic mass is 32.1. The van der Waals surface area contributed by atoms with Crippen LogP contribution in [-0.4, -0.2) is 36.4 Å². The molecule has 1 saturated heterocycles. The molecule has 1 aliphatic carbocycles. The van der Waals surface area contributed by atoms with Gasteiger partial charge in [0.05, 0.1) is 29.4 Å². The van der Waals surface area contributed by atoms with Crippen molar-refractivity contribution >= 4 is 16.5 Å². The SMILES string of the molecule is CC(C)(O)c1sc(N2CCOCC2)nc1C1CC1. The number of thiazole rings is 1. The first kappa shape index (κ1) is 12.4. The van der Waals surface area contributed by atoms with E-state index in [-0.39, 0.29) is 0 Å². The Labute approximate surface area is 112 Å². The van der Waals surface area contributed by atoms with Gasteiger partial charge in [0, 0.05) is 19.0 Å². The Balaban J connectivity index is 1.91. The van der Waals surface area contributed by atoms with Crippen LogP contribution in [-0.2, 0) is 10.3 Å².